The molecular formula is C21H35ClO3. The molecule has 0 aliphatic heterocycles. The van der Waals surface area contributed by atoms with Crippen molar-refractivity contribution in [3.8, 4) is 0 Å². The van der Waals surface area contributed by atoms with Crippen molar-refractivity contribution < 1.29 is 14.2 Å². The van der Waals surface area contributed by atoms with Crippen LogP contribution in [0.5, 0.6) is 0 Å². The lowest BCUT2D eigenvalue weighted by molar-refractivity contribution is -0.365. The Labute approximate surface area is 159 Å². The maximum Gasteiger partial charge on any atom is 0.289 e. The second-order valence-electron chi connectivity index (χ2n) is 6.51. The van der Waals surface area contributed by atoms with Gasteiger partial charge >= 0.3 is 0 Å². The van der Waals surface area contributed by atoms with Crippen LogP contribution in [0.3, 0.4) is 0 Å². The summed E-state index contributed by atoms with van der Waals surface area (Å²) in [5, 5.41) is 0. The van der Waals surface area contributed by atoms with Gasteiger partial charge in [-0.05, 0) is 24.0 Å². The summed E-state index contributed by atoms with van der Waals surface area (Å²) < 4.78 is 17.0. The minimum Gasteiger partial charge on any atom is -0.330 e. The number of benzene rings is 1. The van der Waals surface area contributed by atoms with Gasteiger partial charge in [0.2, 0.25) is 0 Å². The molecule has 0 saturated carbocycles. The van der Waals surface area contributed by atoms with E-state index in [1.807, 2.05) is 0 Å². The van der Waals surface area contributed by atoms with Crippen LogP contribution in [-0.2, 0) is 20.6 Å². The minimum atomic E-state index is -1.05. The molecule has 0 spiro atoms. The maximum absolute atomic E-state index is 5.91. The molecule has 1 rings (SSSR count). The summed E-state index contributed by atoms with van der Waals surface area (Å²) in [7, 11) is 4.93. The Balaban J connectivity index is 2.89. The molecule has 0 radical (unpaired) electrons. The highest BCUT2D eigenvalue weighted by atomic mass is 35.5. The predicted molar refractivity (Wildman–Crippen MR) is 105 cm³/mol. The molecule has 25 heavy (non-hydrogen) atoms. The van der Waals surface area contributed by atoms with Crippen molar-refractivity contribution in [1.29, 1.82) is 0 Å². The van der Waals surface area contributed by atoms with Gasteiger partial charge in [0.15, 0.2) is 0 Å². The van der Waals surface area contributed by atoms with E-state index in [1.165, 1.54) is 43.2 Å². The van der Waals surface area contributed by atoms with Crippen molar-refractivity contribution >= 4 is 11.6 Å². The highest BCUT2D eigenvalue weighted by Crippen LogP contribution is 2.37. The normalized spacial score (nSPS) is 13.2. The molecule has 0 bridgehead atoms. The summed E-state index contributed by atoms with van der Waals surface area (Å²) in [6.07, 6.45) is 9.38. The van der Waals surface area contributed by atoms with Gasteiger partial charge in [-0.2, -0.15) is 0 Å². The molecule has 0 amide bonds. The van der Waals surface area contributed by atoms with E-state index in [2.05, 4.69) is 31.2 Å². The summed E-state index contributed by atoms with van der Waals surface area (Å²) in [6, 6.07) is 8.53. The molecule has 4 heteroatoms. The molecule has 0 heterocycles. The Kier molecular flexibility index (Phi) is 11.4. The summed E-state index contributed by atoms with van der Waals surface area (Å²) in [6.45, 7) is 2.24. The van der Waals surface area contributed by atoms with Crippen molar-refractivity contribution in [2.24, 2.45) is 0 Å². The van der Waals surface area contributed by atoms with E-state index >= 15 is 0 Å². The lowest BCUT2D eigenvalue weighted by atomic mass is 9.89. The first-order valence-corrected chi connectivity index (χ1v) is 10.0. The van der Waals surface area contributed by atoms with Crippen LogP contribution >= 0.6 is 11.6 Å². The summed E-state index contributed by atoms with van der Waals surface area (Å²) in [4.78, 5) is 0. The van der Waals surface area contributed by atoms with Gasteiger partial charge in [0.25, 0.3) is 5.97 Å². The van der Waals surface area contributed by atoms with Gasteiger partial charge in [0, 0.05) is 27.2 Å². The van der Waals surface area contributed by atoms with E-state index in [9.17, 15) is 0 Å². The second kappa shape index (κ2) is 12.7. The molecule has 0 saturated heterocycles. The van der Waals surface area contributed by atoms with Gasteiger partial charge < -0.3 is 14.2 Å². The van der Waals surface area contributed by atoms with Gasteiger partial charge in [0.05, 0.1) is 5.92 Å². The Bertz CT molecular complexity index is 452. The molecule has 0 fully saturated rings. The largest absolute Gasteiger partial charge is 0.330 e. The third-order valence-electron chi connectivity index (χ3n) is 4.86. The smallest absolute Gasteiger partial charge is 0.289 e. The highest BCUT2D eigenvalue weighted by Gasteiger charge is 2.40. The third kappa shape index (κ3) is 6.90. The van der Waals surface area contributed by atoms with Crippen LogP contribution in [0.15, 0.2) is 24.3 Å². The van der Waals surface area contributed by atoms with E-state index in [0.717, 1.165) is 19.3 Å². The summed E-state index contributed by atoms with van der Waals surface area (Å²) in [5.41, 5.74) is 2.42. The third-order valence-corrected chi connectivity index (χ3v) is 5.05. The SMILES string of the molecule is CCCCCCCCC(c1cccc(CCCl)c1)C(OC)(OC)OC. The number of hydrogen-bond acceptors (Lipinski definition) is 3. The Morgan fingerprint density at radius 2 is 1.60 bits per heavy atom. The first-order chi connectivity index (χ1) is 12.2. The van der Waals surface area contributed by atoms with Crippen molar-refractivity contribution in [2.75, 3.05) is 27.2 Å². The number of halogens is 1. The van der Waals surface area contributed by atoms with Gasteiger partial charge in [-0.3, -0.25) is 0 Å². The van der Waals surface area contributed by atoms with Gasteiger partial charge in [-0.15, -0.1) is 11.6 Å². The number of hydrogen-bond donors (Lipinski definition) is 0. The Hall–Kier alpha value is -0.610. The van der Waals surface area contributed by atoms with Crippen LogP contribution in [0.1, 0.15) is 68.9 Å². The molecule has 1 aromatic rings. The number of alkyl halides is 1. The molecule has 0 N–H and O–H groups in total. The van der Waals surface area contributed by atoms with Crippen LogP contribution in [0.2, 0.25) is 0 Å². The Morgan fingerprint density at radius 1 is 0.960 bits per heavy atom. The van der Waals surface area contributed by atoms with Crippen molar-refractivity contribution in [2.45, 2.75) is 70.2 Å². The molecule has 0 aromatic heterocycles. The predicted octanol–water partition coefficient (Wildman–Crippen LogP) is 5.90. The van der Waals surface area contributed by atoms with Gasteiger partial charge in [0.1, 0.15) is 0 Å². The average Bonchev–Trinajstić information content (AvgIpc) is 2.65. The van der Waals surface area contributed by atoms with Crippen LogP contribution in [0.4, 0.5) is 0 Å². The summed E-state index contributed by atoms with van der Waals surface area (Å²) >= 11 is 5.91. The van der Waals surface area contributed by atoms with E-state index < -0.39 is 5.97 Å². The maximum atomic E-state index is 5.91. The van der Waals surface area contributed by atoms with E-state index in [1.54, 1.807) is 21.3 Å². The molecule has 1 unspecified atom stereocenters. The van der Waals surface area contributed by atoms with Crippen LogP contribution in [-0.4, -0.2) is 33.2 Å². The van der Waals surface area contributed by atoms with Crippen LogP contribution < -0.4 is 0 Å². The number of ether oxygens (including phenoxy) is 3. The molecule has 0 aliphatic rings. The Morgan fingerprint density at radius 3 is 2.20 bits per heavy atom. The zero-order valence-electron chi connectivity index (χ0n) is 16.4. The molecule has 1 atom stereocenters. The topological polar surface area (TPSA) is 27.7 Å². The number of aryl methyl sites for hydroxylation is 1. The minimum absolute atomic E-state index is 0.0222. The number of methoxy groups -OCH3 is 3. The number of rotatable bonds is 14. The van der Waals surface area contributed by atoms with Gasteiger partial charge in [-0.25, -0.2) is 0 Å². The van der Waals surface area contributed by atoms with E-state index in [-0.39, 0.29) is 5.92 Å². The lowest BCUT2D eigenvalue weighted by Crippen LogP contribution is -2.42. The second-order valence-corrected chi connectivity index (χ2v) is 6.89. The molecule has 144 valence electrons. The summed E-state index contributed by atoms with van der Waals surface area (Å²) in [5.74, 6) is -0.410. The van der Waals surface area contributed by atoms with E-state index in [4.69, 9.17) is 25.8 Å². The molecule has 1 aromatic carbocycles. The van der Waals surface area contributed by atoms with Crippen LogP contribution in [0.25, 0.3) is 0 Å². The van der Waals surface area contributed by atoms with Crippen molar-refractivity contribution in [1.82, 2.24) is 0 Å². The fourth-order valence-corrected chi connectivity index (χ4v) is 3.65. The first kappa shape index (κ1) is 22.4. The number of unbranched alkanes of at least 4 members (excludes halogenated alkanes) is 5. The fourth-order valence-electron chi connectivity index (χ4n) is 3.43. The molecular weight excluding hydrogens is 336 g/mol. The fraction of sp³-hybridized carbons (Fsp3) is 0.714. The highest BCUT2D eigenvalue weighted by molar-refractivity contribution is 6.17. The quantitative estimate of drug-likeness (QED) is 0.232. The zero-order chi connectivity index (χ0) is 18.5. The first-order valence-electron chi connectivity index (χ1n) is 9.47. The zero-order valence-corrected chi connectivity index (χ0v) is 17.1. The standard InChI is InChI=1S/C21H35ClO3/c1-5-6-7-8-9-10-14-20(21(23-2,24-3)25-4)19-13-11-12-18(17-19)15-16-22/h11-13,17,20H,5-10,14-16H2,1-4H3. The van der Waals surface area contributed by atoms with Crippen LogP contribution in [0, 0.1) is 0 Å². The molecule has 3 nitrogen and oxygen atoms in total. The monoisotopic (exact) mass is 370 g/mol. The molecule has 0 aliphatic carbocycles. The lowest BCUT2D eigenvalue weighted by Gasteiger charge is -2.37. The van der Waals surface area contributed by atoms with Crippen molar-refractivity contribution in [3.05, 3.63) is 35.4 Å². The van der Waals surface area contributed by atoms with E-state index in [0.29, 0.717) is 5.88 Å². The average molecular weight is 371 g/mol. The van der Waals surface area contributed by atoms with Crippen molar-refractivity contribution in [3.63, 3.8) is 0 Å². The van der Waals surface area contributed by atoms with Gasteiger partial charge in [-0.1, -0.05) is 69.7 Å².